The lowest BCUT2D eigenvalue weighted by Crippen LogP contribution is -2.47. The largest absolute Gasteiger partial charge is 0.480 e. The first-order chi connectivity index (χ1) is 9.08. The van der Waals surface area contributed by atoms with Gasteiger partial charge in [-0.25, -0.2) is 4.79 Å². The van der Waals surface area contributed by atoms with Gasteiger partial charge in [-0.2, -0.15) is 0 Å². The fourth-order valence-corrected chi connectivity index (χ4v) is 2.44. The van der Waals surface area contributed by atoms with E-state index in [1.54, 1.807) is 11.9 Å². The number of likely N-dealkylation sites (N-methyl/N-ethyl adjacent to an activating group) is 1. The van der Waals surface area contributed by atoms with E-state index in [2.05, 4.69) is 0 Å². The van der Waals surface area contributed by atoms with Crippen molar-refractivity contribution in [2.45, 2.75) is 44.2 Å². The van der Waals surface area contributed by atoms with Crippen LogP contribution >= 0.6 is 0 Å². The predicted octanol–water partition coefficient (Wildman–Crippen LogP) is 1.16. The van der Waals surface area contributed by atoms with Crippen LogP contribution in [-0.2, 0) is 9.53 Å². The number of carboxylic acid groups (broad SMARTS) is 1. The topological polar surface area (TPSA) is 70.1 Å². The molecule has 0 spiro atoms. The monoisotopic (exact) mass is 270 g/mol. The molecule has 1 aliphatic carbocycles. The van der Waals surface area contributed by atoms with E-state index in [0.29, 0.717) is 6.54 Å². The van der Waals surface area contributed by atoms with E-state index >= 15 is 0 Å². The zero-order valence-electron chi connectivity index (χ0n) is 11.4. The summed E-state index contributed by atoms with van der Waals surface area (Å²) in [6.45, 7) is 1.09. The van der Waals surface area contributed by atoms with E-state index in [4.69, 9.17) is 9.84 Å². The molecule has 1 aliphatic heterocycles. The second-order valence-corrected chi connectivity index (χ2v) is 5.40. The van der Waals surface area contributed by atoms with Crippen molar-refractivity contribution in [3.63, 3.8) is 0 Å². The van der Waals surface area contributed by atoms with Gasteiger partial charge >= 0.3 is 12.0 Å². The Balaban J connectivity index is 1.86. The summed E-state index contributed by atoms with van der Waals surface area (Å²) in [7, 11) is 1.72. The fraction of sp³-hybridized carbons (Fsp3) is 0.846. The van der Waals surface area contributed by atoms with Gasteiger partial charge in [0.25, 0.3) is 0 Å². The molecule has 1 saturated heterocycles. The normalized spacial score (nSPS) is 22.9. The van der Waals surface area contributed by atoms with Crippen LogP contribution in [0.3, 0.4) is 0 Å². The predicted molar refractivity (Wildman–Crippen MR) is 69.0 cm³/mol. The standard InChI is InChI=1S/C13H22N2O4/c1-14(8-11-4-2-3-7-19-11)13(18)15(9-12(16)17)10-5-6-10/h10-11H,2-9H2,1H3,(H,16,17). The average molecular weight is 270 g/mol. The van der Waals surface area contributed by atoms with E-state index in [0.717, 1.165) is 38.7 Å². The van der Waals surface area contributed by atoms with Crippen molar-refractivity contribution < 1.29 is 19.4 Å². The van der Waals surface area contributed by atoms with Gasteiger partial charge in [0.2, 0.25) is 0 Å². The van der Waals surface area contributed by atoms with Crippen molar-refractivity contribution in [1.29, 1.82) is 0 Å². The highest BCUT2D eigenvalue weighted by atomic mass is 16.5. The molecule has 6 nitrogen and oxygen atoms in total. The van der Waals surface area contributed by atoms with E-state index in [-0.39, 0.29) is 24.7 Å². The smallest absolute Gasteiger partial charge is 0.323 e. The van der Waals surface area contributed by atoms with Crippen LogP contribution < -0.4 is 0 Å². The van der Waals surface area contributed by atoms with Gasteiger partial charge in [0, 0.05) is 26.2 Å². The number of hydrogen-bond donors (Lipinski definition) is 1. The van der Waals surface area contributed by atoms with Crippen LogP contribution in [0.2, 0.25) is 0 Å². The van der Waals surface area contributed by atoms with Gasteiger partial charge in [0.1, 0.15) is 6.54 Å². The highest BCUT2D eigenvalue weighted by Crippen LogP contribution is 2.27. The molecule has 0 radical (unpaired) electrons. The van der Waals surface area contributed by atoms with Crippen molar-refractivity contribution in [1.82, 2.24) is 9.80 Å². The highest BCUT2D eigenvalue weighted by Gasteiger charge is 2.35. The van der Waals surface area contributed by atoms with Crippen molar-refractivity contribution in [3.05, 3.63) is 0 Å². The molecule has 1 heterocycles. The zero-order chi connectivity index (χ0) is 13.8. The Bertz CT molecular complexity index is 338. The average Bonchev–Trinajstić information content (AvgIpc) is 3.20. The quantitative estimate of drug-likeness (QED) is 0.813. The Morgan fingerprint density at radius 1 is 1.26 bits per heavy atom. The summed E-state index contributed by atoms with van der Waals surface area (Å²) >= 11 is 0. The van der Waals surface area contributed by atoms with Gasteiger partial charge in [0.15, 0.2) is 0 Å². The van der Waals surface area contributed by atoms with Gasteiger partial charge in [-0.05, 0) is 32.1 Å². The maximum atomic E-state index is 12.3. The molecule has 1 unspecified atom stereocenters. The third kappa shape index (κ3) is 4.09. The molecule has 1 atom stereocenters. The highest BCUT2D eigenvalue weighted by molar-refractivity contribution is 5.80. The van der Waals surface area contributed by atoms with E-state index < -0.39 is 5.97 Å². The summed E-state index contributed by atoms with van der Waals surface area (Å²) < 4.78 is 5.61. The van der Waals surface area contributed by atoms with Crippen LogP contribution in [0, 0.1) is 0 Å². The third-order valence-corrected chi connectivity index (χ3v) is 3.62. The number of carbonyl (C=O) groups is 2. The summed E-state index contributed by atoms with van der Waals surface area (Å²) in [6, 6.07) is -0.0857. The summed E-state index contributed by atoms with van der Waals surface area (Å²) in [4.78, 5) is 26.1. The van der Waals surface area contributed by atoms with Gasteiger partial charge < -0.3 is 19.6 Å². The molecule has 0 bridgehead atoms. The summed E-state index contributed by atoms with van der Waals surface area (Å²) in [5.41, 5.74) is 0. The second-order valence-electron chi connectivity index (χ2n) is 5.40. The molecular weight excluding hydrogens is 248 g/mol. The molecule has 6 heteroatoms. The lowest BCUT2D eigenvalue weighted by molar-refractivity contribution is -0.137. The van der Waals surface area contributed by atoms with Crippen LogP contribution in [0.5, 0.6) is 0 Å². The minimum absolute atomic E-state index is 0.0913. The zero-order valence-corrected chi connectivity index (χ0v) is 11.4. The minimum Gasteiger partial charge on any atom is -0.480 e. The molecule has 108 valence electrons. The van der Waals surface area contributed by atoms with Crippen LogP contribution in [0.15, 0.2) is 0 Å². The van der Waals surface area contributed by atoms with Crippen LogP contribution in [0.4, 0.5) is 4.79 Å². The van der Waals surface area contributed by atoms with Crippen LogP contribution in [0.25, 0.3) is 0 Å². The number of urea groups is 1. The number of hydrogen-bond acceptors (Lipinski definition) is 3. The second kappa shape index (κ2) is 6.23. The Morgan fingerprint density at radius 2 is 2.00 bits per heavy atom. The number of aliphatic carboxylic acids is 1. The summed E-state index contributed by atoms with van der Waals surface area (Å²) in [5, 5.41) is 8.88. The van der Waals surface area contributed by atoms with Crippen molar-refractivity contribution in [2.24, 2.45) is 0 Å². The van der Waals surface area contributed by atoms with E-state index in [1.165, 1.54) is 4.90 Å². The molecule has 19 heavy (non-hydrogen) atoms. The van der Waals surface area contributed by atoms with Crippen LogP contribution in [0.1, 0.15) is 32.1 Å². The summed E-state index contributed by atoms with van der Waals surface area (Å²) in [6.07, 6.45) is 5.10. The van der Waals surface area contributed by atoms with Crippen molar-refractivity contribution in [3.8, 4) is 0 Å². The molecule has 2 amide bonds. The minimum atomic E-state index is -0.956. The number of nitrogens with zero attached hydrogens (tertiary/aromatic N) is 2. The van der Waals surface area contributed by atoms with Gasteiger partial charge in [-0.3, -0.25) is 4.79 Å². The Hall–Kier alpha value is -1.30. The van der Waals surface area contributed by atoms with Gasteiger partial charge in [-0.15, -0.1) is 0 Å². The summed E-state index contributed by atoms with van der Waals surface area (Å²) in [5.74, 6) is -0.956. The Labute approximate surface area is 113 Å². The molecule has 1 N–H and O–H groups in total. The maximum absolute atomic E-state index is 12.3. The molecule has 0 aromatic rings. The number of ether oxygens (including phenoxy) is 1. The number of amides is 2. The van der Waals surface area contributed by atoms with Crippen molar-refractivity contribution >= 4 is 12.0 Å². The first-order valence-corrected chi connectivity index (χ1v) is 6.93. The Morgan fingerprint density at radius 3 is 2.53 bits per heavy atom. The maximum Gasteiger partial charge on any atom is 0.323 e. The number of carbonyl (C=O) groups excluding carboxylic acids is 1. The van der Waals surface area contributed by atoms with Gasteiger partial charge in [-0.1, -0.05) is 0 Å². The van der Waals surface area contributed by atoms with Crippen molar-refractivity contribution in [2.75, 3.05) is 26.7 Å². The molecule has 1 saturated carbocycles. The molecular formula is C13H22N2O4. The first kappa shape index (κ1) is 14.1. The fourth-order valence-electron chi connectivity index (χ4n) is 2.44. The van der Waals surface area contributed by atoms with Gasteiger partial charge in [0.05, 0.1) is 6.10 Å². The third-order valence-electron chi connectivity index (χ3n) is 3.62. The first-order valence-electron chi connectivity index (χ1n) is 6.93. The van der Waals surface area contributed by atoms with E-state index in [9.17, 15) is 9.59 Å². The number of rotatable bonds is 5. The molecule has 2 aliphatic rings. The Kier molecular flexibility index (Phi) is 4.63. The van der Waals surface area contributed by atoms with E-state index in [1.807, 2.05) is 0 Å². The lowest BCUT2D eigenvalue weighted by atomic mass is 10.1. The van der Waals surface area contributed by atoms with Crippen LogP contribution in [-0.4, -0.2) is 65.8 Å². The molecule has 2 rings (SSSR count). The molecule has 0 aromatic heterocycles. The number of carboxylic acids is 1. The molecule has 2 fully saturated rings. The molecule has 0 aromatic carbocycles. The SMILES string of the molecule is CN(CC1CCCCO1)C(=O)N(CC(=O)O)C1CC1. The lowest BCUT2D eigenvalue weighted by Gasteiger charge is -2.31.